The molecule has 4 nitrogen and oxygen atoms in total. The van der Waals surface area contributed by atoms with Crippen LogP contribution in [-0.4, -0.2) is 27.6 Å². The van der Waals surface area contributed by atoms with Crippen LogP contribution in [0.4, 0.5) is 0 Å². The van der Waals surface area contributed by atoms with Gasteiger partial charge in [-0.15, -0.1) is 0 Å². The number of benzene rings is 1. The molecule has 0 atom stereocenters. The fraction of sp³-hybridized carbons (Fsp3) is 0.412. The van der Waals surface area contributed by atoms with Crippen molar-refractivity contribution in [3.8, 4) is 0 Å². The quantitative estimate of drug-likeness (QED) is 0.847. The molecule has 0 unspecified atom stereocenters. The van der Waals surface area contributed by atoms with Crippen LogP contribution in [0.1, 0.15) is 29.4 Å². The average Bonchev–Trinajstić information content (AvgIpc) is 2.75. The highest BCUT2D eigenvalue weighted by atomic mass is 16.2. The molecule has 0 aliphatic carbocycles. The third-order valence-corrected chi connectivity index (χ3v) is 3.85. The Morgan fingerprint density at radius 2 is 1.90 bits per heavy atom. The van der Waals surface area contributed by atoms with Crippen LogP contribution in [0.25, 0.3) is 0 Å². The first-order chi connectivity index (χ1) is 10.0. The van der Waals surface area contributed by atoms with Crippen LogP contribution < -0.4 is 0 Å². The molecule has 0 radical (unpaired) electrons. The maximum Gasteiger partial charge on any atom is 0.227 e. The Balaban J connectivity index is 2.06. The van der Waals surface area contributed by atoms with Gasteiger partial charge in [0.25, 0.3) is 0 Å². The molecule has 4 heteroatoms. The molecule has 21 heavy (non-hydrogen) atoms. The van der Waals surface area contributed by atoms with E-state index in [-0.39, 0.29) is 5.91 Å². The summed E-state index contributed by atoms with van der Waals surface area (Å²) >= 11 is 0. The standard InChI is InChI=1S/C17H23N3O/c1-5-20-14(3)16(13(2)18-20)12-19(4)17(21)11-15-9-7-6-8-10-15/h6-10H,5,11-12H2,1-4H3. The Bertz CT molecular complexity index is 616. The lowest BCUT2D eigenvalue weighted by molar-refractivity contribution is -0.129. The largest absolute Gasteiger partial charge is 0.341 e. The van der Waals surface area contributed by atoms with Crippen molar-refractivity contribution in [3.05, 3.63) is 52.8 Å². The lowest BCUT2D eigenvalue weighted by atomic mass is 10.1. The highest BCUT2D eigenvalue weighted by molar-refractivity contribution is 5.78. The van der Waals surface area contributed by atoms with Crippen LogP contribution in [0.3, 0.4) is 0 Å². The topological polar surface area (TPSA) is 38.1 Å². The second-order valence-corrected chi connectivity index (χ2v) is 5.38. The first kappa shape index (κ1) is 15.3. The van der Waals surface area contributed by atoms with Crippen LogP contribution in [0.15, 0.2) is 30.3 Å². The molecule has 2 rings (SSSR count). The molecule has 1 aromatic heterocycles. The number of carbonyl (C=O) groups is 1. The van der Waals surface area contributed by atoms with Gasteiger partial charge in [0.2, 0.25) is 5.91 Å². The fourth-order valence-electron chi connectivity index (χ4n) is 2.50. The average molecular weight is 285 g/mol. The van der Waals surface area contributed by atoms with Gasteiger partial charge in [0.15, 0.2) is 0 Å². The van der Waals surface area contributed by atoms with E-state index in [1.807, 2.05) is 49.0 Å². The van der Waals surface area contributed by atoms with E-state index in [4.69, 9.17) is 0 Å². The highest BCUT2D eigenvalue weighted by Crippen LogP contribution is 2.15. The Kier molecular flexibility index (Phi) is 4.78. The van der Waals surface area contributed by atoms with Gasteiger partial charge in [0.1, 0.15) is 0 Å². The zero-order chi connectivity index (χ0) is 15.4. The number of likely N-dealkylation sites (N-methyl/N-ethyl adjacent to an activating group) is 1. The number of amides is 1. The molecule has 0 spiro atoms. The molecule has 0 N–H and O–H groups in total. The third kappa shape index (κ3) is 3.51. The summed E-state index contributed by atoms with van der Waals surface area (Å²) in [6.07, 6.45) is 0.442. The van der Waals surface area contributed by atoms with Crippen molar-refractivity contribution in [2.75, 3.05) is 7.05 Å². The zero-order valence-electron chi connectivity index (χ0n) is 13.3. The third-order valence-electron chi connectivity index (χ3n) is 3.85. The smallest absolute Gasteiger partial charge is 0.227 e. The van der Waals surface area contributed by atoms with Gasteiger partial charge in [-0.3, -0.25) is 9.48 Å². The van der Waals surface area contributed by atoms with Gasteiger partial charge in [-0.2, -0.15) is 5.10 Å². The maximum absolute atomic E-state index is 12.3. The summed E-state index contributed by atoms with van der Waals surface area (Å²) < 4.78 is 1.99. The molecule has 112 valence electrons. The Morgan fingerprint density at radius 1 is 1.24 bits per heavy atom. The summed E-state index contributed by atoms with van der Waals surface area (Å²) in [4.78, 5) is 14.1. The number of aryl methyl sites for hydroxylation is 2. The van der Waals surface area contributed by atoms with Crippen molar-refractivity contribution in [2.45, 2.75) is 40.3 Å². The van der Waals surface area contributed by atoms with Crippen molar-refractivity contribution in [1.29, 1.82) is 0 Å². The van der Waals surface area contributed by atoms with E-state index in [1.165, 1.54) is 0 Å². The zero-order valence-corrected chi connectivity index (χ0v) is 13.3. The van der Waals surface area contributed by atoms with E-state index in [1.54, 1.807) is 4.90 Å². The lowest BCUT2D eigenvalue weighted by Crippen LogP contribution is -2.28. The van der Waals surface area contributed by atoms with Gasteiger partial charge < -0.3 is 4.90 Å². The first-order valence-corrected chi connectivity index (χ1v) is 7.33. The molecule has 1 aromatic carbocycles. The normalized spacial score (nSPS) is 10.7. The fourth-order valence-corrected chi connectivity index (χ4v) is 2.50. The summed E-state index contributed by atoms with van der Waals surface area (Å²) in [6, 6.07) is 9.85. The molecule has 0 aliphatic heterocycles. The number of hydrogen-bond acceptors (Lipinski definition) is 2. The molecule has 0 bridgehead atoms. The number of rotatable bonds is 5. The molecule has 0 saturated carbocycles. The minimum atomic E-state index is 0.129. The van der Waals surface area contributed by atoms with E-state index in [0.29, 0.717) is 13.0 Å². The summed E-state index contributed by atoms with van der Waals surface area (Å²) in [6.45, 7) is 7.61. The Labute approximate surface area is 126 Å². The Hall–Kier alpha value is -2.10. The highest BCUT2D eigenvalue weighted by Gasteiger charge is 2.16. The number of nitrogens with zero attached hydrogens (tertiary/aromatic N) is 3. The molecule has 2 aromatic rings. The van der Waals surface area contributed by atoms with Gasteiger partial charge in [-0.1, -0.05) is 30.3 Å². The Morgan fingerprint density at radius 3 is 2.48 bits per heavy atom. The second kappa shape index (κ2) is 6.57. The van der Waals surface area contributed by atoms with Crippen molar-refractivity contribution in [3.63, 3.8) is 0 Å². The minimum Gasteiger partial charge on any atom is -0.341 e. The molecule has 0 aliphatic rings. The van der Waals surface area contributed by atoms with Crippen molar-refractivity contribution >= 4 is 5.91 Å². The predicted octanol–water partition coefficient (Wildman–Crippen LogP) is 2.72. The second-order valence-electron chi connectivity index (χ2n) is 5.38. The number of carbonyl (C=O) groups excluding carboxylic acids is 1. The summed E-state index contributed by atoms with van der Waals surface area (Å²) in [5.74, 6) is 0.129. The van der Waals surface area contributed by atoms with E-state index in [2.05, 4.69) is 18.9 Å². The van der Waals surface area contributed by atoms with Gasteiger partial charge >= 0.3 is 0 Å². The molecular formula is C17H23N3O. The first-order valence-electron chi connectivity index (χ1n) is 7.33. The molecular weight excluding hydrogens is 262 g/mol. The van der Waals surface area contributed by atoms with E-state index >= 15 is 0 Å². The summed E-state index contributed by atoms with van der Waals surface area (Å²) in [7, 11) is 1.85. The maximum atomic E-state index is 12.3. The van der Waals surface area contributed by atoms with Crippen LogP contribution >= 0.6 is 0 Å². The molecule has 1 amide bonds. The van der Waals surface area contributed by atoms with Gasteiger partial charge in [0, 0.05) is 31.4 Å². The SMILES string of the molecule is CCn1nc(C)c(CN(C)C(=O)Cc2ccccc2)c1C. The van der Waals surface area contributed by atoms with Crippen LogP contribution in [0, 0.1) is 13.8 Å². The molecule has 0 saturated heterocycles. The lowest BCUT2D eigenvalue weighted by Gasteiger charge is -2.17. The minimum absolute atomic E-state index is 0.129. The van der Waals surface area contributed by atoms with Crippen molar-refractivity contribution in [2.24, 2.45) is 0 Å². The number of hydrogen-bond donors (Lipinski definition) is 0. The van der Waals surface area contributed by atoms with Crippen LogP contribution in [0.5, 0.6) is 0 Å². The molecule has 1 heterocycles. The summed E-state index contributed by atoms with van der Waals surface area (Å²) in [5.41, 5.74) is 4.36. The van der Waals surface area contributed by atoms with Crippen LogP contribution in [-0.2, 0) is 24.3 Å². The van der Waals surface area contributed by atoms with Crippen molar-refractivity contribution in [1.82, 2.24) is 14.7 Å². The predicted molar refractivity (Wildman–Crippen MR) is 84.0 cm³/mol. The number of aromatic nitrogens is 2. The van der Waals surface area contributed by atoms with Gasteiger partial charge in [0.05, 0.1) is 12.1 Å². The van der Waals surface area contributed by atoms with E-state index in [0.717, 1.165) is 29.1 Å². The van der Waals surface area contributed by atoms with Crippen molar-refractivity contribution < 1.29 is 4.79 Å². The monoisotopic (exact) mass is 285 g/mol. The van der Waals surface area contributed by atoms with Crippen LogP contribution in [0.2, 0.25) is 0 Å². The van der Waals surface area contributed by atoms with Gasteiger partial charge in [-0.05, 0) is 26.3 Å². The summed E-state index contributed by atoms with van der Waals surface area (Å²) in [5, 5.41) is 4.50. The molecule has 0 fully saturated rings. The van der Waals surface area contributed by atoms with Gasteiger partial charge in [-0.25, -0.2) is 0 Å². The van der Waals surface area contributed by atoms with E-state index in [9.17, 15) is 4.79 Å². The van der Waals surface area contributed by atoms with E-state index < -0.39 is 0 Å².